The summed E-state index contributed by atoms with van der Waals surface area (Å²) in [5, 5.41) is 10.1. The van der Waals surface area contributed by atoms with Gasteiger partial charge >= 0.3 is 0 Å². The number of phenols is 1. The van der Waals surface area contributed by atoms with E-state index in [9.17, 15) is 13.9 Å². The molecule has 1 N–H and O–H groups in total. The summed E-state index contributed by atoms with van der Waals surface area (Å²) >= 11 is 0. The Morgan fingerprint density at radius 1 is 1.00 bits per heavy atom. The van der Waals surface area contributed by atoms with E-state index in [1.165, 1.54) is 12.1 Å². The predicted octanol–water partition coefficient (Wildman–Crippen LogP) is 6.18. The minimum absolute atomic E-state index is 0.167. The van der Waals surface area contributed by atoms with Crippen LogP contribution in [0, 0.1) is 18.7 Å². The smallest absolute Gasteiger partial charge is 0.150 e. The summed E-state index contributed by atoms with van der Waals surface area (Å²) < 4.78 is 38.8. The quantitative estimate of drug-likeness (QED) is 0.441. The average molecular weight is 478 g/mol. The highest BCUT2D eigenvalue weighted by atomic mass is 19.1. The maximum absolute atomic E-state index is 13.9. The van der Waals surface area contributed by atoms with Crippen molar-refractivity contribution < 1.29 is 23.4 Å². The summed E-state index contributed by atoms with van der Waals surface area (Å²) in [6.45, 7) is 6.58. The number of benzene rings is 3. The number of nitrogens with zero attached hydrogens (tertiary/aromatic N) is 1. The van der Waals surface area contributed by atoms with Gasteiger partial charge in [-0.25, -0.2) is 4.39 Å². The molecule has 0 saturated carbocycles. The number of phenolic OH excluding ortho intramolecular Hbond substituents is 1. The number of halogens is 2. The summed E-state index contributed by atoms with van der Waals surface area (Å²) in [4.78, 5) is 2.19. The number of alkyl halides is 1. The Balaban J connectivity index is 1.40. The number of rotatable bonds is 7. The van der Waals surface area contributed by atoms with Crippen LogP contribution in [0.25, 0.3) is 11.1 Å². The first-order chi connectivity index (χ1) is 16.9. The number of hydrogen-bond acceptors (Lipinski definition) is 4. The largest absolute Gasteiger partial charge is 0.508 e. The van der Waals surface area contributed by atoms with Crippen molar-refractivity contribution in [3.05, 3.63) is 88.7 Å². The molecule has 1 unspecified atom stereocenters. The van der Waals surface area contributed by atoms with Gasteiger partial charge in [0.15, 0.2) is 0 Å². The Bertz CT molecular complexity index is 1250. The lowest BCUT2D eigenvalue weighted by Crippen LogP contribution is -2.49. The Morgan fingerprint density at radius 3 is 2.49 bits per heavy atom. The molecule has 6 heteroatoms. The lowest BCUT2D eigenvalue weighted by molar-refractivity contribution is 0.0668. The van der Waals surface area contributed by atoms with Gasteiger partial charge in [0.05, 0.1) is 6.67 Å². The predicted molar refractivity (Wildman–Crippen MR) is 133 cm³/mol. The first kappa shape index (κ1) is 23.4. The van der Waals surface area contributed by atoms with Crippen LogP contribution in [0.15, 0.2) is 60.7 Å². The van der Waals surface area contributed by atoms with Gasteiger partial charge in [-0.05, 0) is 78.6 Å². The van der Waals surface area contributed by atoms with Crippen molar-refractivity contribution >= 4 is 11.1 Å². The van der Waals surface area contributed by atoms with Crippen LogP contribution in [0.3, 0.4) is 0 Å². The van der Waals surface area contributed by atoms with Crippen LogP contribution in [0.4, 0.5) is 8.78 Å². The van der Waals surface area contributed by atoms with E-state index in [4.69, 9.17) is 9.47 Å². The van der Waals surface area contributed by atoms with E-state index in [1.54, 1.807) is 24.3 Å². The second-order valence-electron chi connectivity index (χ2n) is 9.37. The van der Waals surface area contributed by atoms with Gasteiger partial charge in [-0.1, -0.05) is 18.2 Å². The maximum atomic E-state index is 13.9. The Morgan fingerprint density at radius 2 is 1.77 bits per heavy atom. The number of fused-ring (bicyclic) bond motifs is 1. The normalized spacial score (nSPS) is 18.1. The SMILES string of the molecule is CC1=C(c2ccc(F)cc2C)C(c2ccc(OCCN3CC(CF)C3)cc2)Oc2ccc(O)cc21. The molecule has 182 valence electrons. The fourth-order valence-electron chi connectivity index (χ4n) is 4.94. The van der Waals surface area contributed by atoms with Gasteiger partial charge < -0.3 is 14.6 Å². The van der Waals surface area contributed by atoms with Crippen LogP contribution in [0.1, 0.15) is 35.3 Å². The number of aryl methyl sites for hydroxylation is 1. The van der Waals surface area contributed by atoms with Crippen molar-refractivity contribution in [1.82, 2.24) is 4.90 Å². The molecule has 1 saturated heterocycles. The van der Waals surface area contributed by atoms with E-state index in [0.717, 1.165) is 58.8 Å². The third-order valence-electron chi connectivity index (χ3n) is 6.87. The maximum Gasteiger partial charge on any atom is 0.150 e. The highest BCUT2D eigenvalue weighted by Gasteiger charge is 2.30. The number of ether oxygens (including phenoxy) is 2. The molecule has 0 aromatic heterocycles. The molecular weight excluding hydrogens is 448 g/mol. The molecule has 2 heterocycles. The van der Waals surface area contributed by atoms with Crippen LogP contribution < -0.4 is 9.47 Å². The molecule has 2 aliphatic rings. The first-order valence-electron chi connectivity index (χ1n) is 11.9. The number of likely N-dealkylation sites (tertiary alicyclic amines) is 1. The van der Waals surface area contributed by atoms with E-state index < -0.39 is 6.10 Å². The van der Waals surface area contributed by atoms with Crippen LogP contribution >= 0.6 is 0 Å². The van der Waals surface area contributed by atoms with E-state index in [0.29, 0.717) is 12.4 Å². The van der Waals surface area contributed by atoms with E-state index in [2.05, 4.69) is 4.90 Å². The van der Waals surface area contributed by atoms with Crippen molar-refractivity contribution in [2.24, 2.45) is 5.92 Å². The van der Waals surface area contributed by atoms with Crippen molar-refractivity contribution in [3.8, 4) is 17.2 Å². The molecule has 4 nitrogen and oxygen atoms in total. The fourth-order valence-corrected chi connectivity index (χ4v) is 4.94. The third kappa shape index (κ3) is 4.76. The van der Waals surface area contributed by atoms with Gasteiger partial charge in [0, 0.05) is 36.7 Å². The zero-order valence-corrected chi connectivity index (χ0v) is 19.9. The number of aromatic hydroxyl groups is 1. The van der Waals surface area contributed by atoms with Gasteiger partial charge in [-0.15, -0.1) is 0 Å². The van der Waals surface area contributed by atoms with Crippen LogP contribution in [-0.2, 0) is 0 Å². The first-order valence-corrected chi connectivity index (χ1v) is 11.9. The standard InChI is InChI=1S/C29H29F2NO3/c1-18-13-22(31)5-9-25(18)28-19(2)26-14-23(33)6-10-27(26)35-29(28)21-3-7-24(8-4-21)34-12-11-32-16-20(15-30)17-32/h3-10,13-14,20,29,33H,11-12,15-17H2,1-2H3. The molecular formula is C29H29F2NO3. The Kier molecular flexibility index (Phi) is 6.48. The van der Waals surface area contributed by atoms with Crippen LogP contribution in [-0.4, -0.2) is 42.9 Å². The molecule has 5 rings (SSSR count). The summed E-state index contributed by atoms with van der Waals surface area (Å²) in [5.74, 6) is 1.51. The zero-order valence-electron chi connectivity index (χ0n) is 19.9. The van der Waals surface area contributed by atoms with Gasteiger partial charge in [0.1, 0.15) is 35.8 Å². The summed E-state index contributed by atoms with van der Waals surface area (Å²) in [6, 6.07) is 17.7. The second kappa shape index (κ2) is 9.70. The zero-order chi connectivity index (χ0) is 24.5. The summed E-state index contributed by atoms with van der Waals surface area (Å²) in [6.07, 6.45) is -0.399. The molecule has 3 aromatic carbocycles. The molecule has 1 atom stereocenters. The molecule has 0 bridgehead atoms. The topological polar surface area (TPSA) is 41.9 Å². The van der Waals surface area contributed by atoms with Gasteiger partial charge in [0.25, 0.3) is 0 Å². The Labute approximate surface area is 204 Å². The molecule has 0 radical (unpaired) electrons. The second-order valence-corrected chi connectivity index (χ2v) is 9.37. The Hall–Kier alpha value is -3.38. The van der Waals surface area contributed by atoms with Gasteiger partial charge in [0.2, 0.25) is 0 Å². The third-order valence-corrected chi connectivity index (χ3v) is 6.87. The van der Waals surface area contributed by atoms with Crippen molar-refractivity contribution in [2.45, 2.75) is 20.0 Å². The van der Waals surface area contributed by atoms with Crippen LogP contribution in [0.5, 0.6) is 17.2 Å². The number of hydrogen-bond donors (Lipinski definition) is 1. The molecule has 0 aliphatic carbocycles. The van der Waals surface area contributed by atoms with Crippen molar-refractivity contribution in [2.75, 3.05) is 32.9 Å². The van der Waals surface area contributed by atoms with Crippen molar-refractivity contribution in [1.29, 1.82) is 0 Å². The van der Waals surface area contributed by atoms with E-state index >= 15 is 0 Å². The molecule has 2 aliphatic heterocycles. The van der Waals surface area contributed by atoms with Gasteiger partial charge in [-0.2, -0.15) is 0 Å². The highest BCUT2D eigenvalue weighted by molar-refractivity contribution is 5.96. The van der Waals surface area contributed by atoms with Gasteiger partial charge in [-0.3, -0.25) is 9.29 Å². The van der Waals surface area contributed by atoms with E-state index in [1.807, 2.05) is 38.1 Å². The van der Waals surface area contributed by atoms with E-state index in [-0.39, 0.29) is 24.2 Å². The molecule has 1 fully saturated rings. The highest BCUT2D eigenvalue weighted by Crippen LogP contribution is 2.48. The number of allylic oxidation sites excluding steroid dienone is 1. The minimum Gasteiger partial charge on any atom is -0.508 e. The van der Waals surface area contributed by atoms with Crippen LogP contribution in [0.2, 0.25) is 0 Å². The summed E-state index contributed by atoms with van der Waals surface area (Å²) in [7, 11) is 0. The molecule has 3 aromatic rings. The molecule has 0 spiro atoms. The van der Waals surface area contributed by atoms with Crippen molar-refractivity contribution in [3.63, 3.8) is 0 Å². The monoisotopic (exact) mass is 477 g/mol. The minimum atomic E-state index is -0.399. The molecule has 0 amide bonds. The average Bonchev–Trinajstić information content (AvgIpc) is 2.82. The fraction of sp³-hybridized carbons (Fsp3) is 0.310. The molecule has 35 heavy (non-hydrogen) atoms. The lowest BCUT2D eigenvalue weighted by atomic mass is 9.84. The lowest BCUT2D eigenvalue weighted by Gasteiger charge is -2.37. The summed E-state index contributed by atoms with van der Waals surface area (Å²) in [5.41, 5.74) is 5.41.